The minimum Gasteiger partial charge on any atom is -0.497 e. The molecule has 0 saturated heterocycles. The lowest BCUT2D eigenvalue weighted by atomic mass is 10.0. The second-order valence-electron chi connectivity index (χ2n) is 4.39. The number of carbonyl (C=O) groups excluding carboxylic acids is 1. The summed E-state index contributed by atoms with van der Waals surface area (Å²) in [6.45, 7) is 2.49. The molecule has 19 heavy (non-hydrogen) atoms. The molecule has 106 valence electrons. The number of nitrogens with two attached hydrogens (primary N) is 1. The summed E-state index contributed by atoms with van der Waals surface area (Å²) in [4.78, 5) is 12.0. The van der Waals surface area contributed by atoms with Crippen molar-refractivity contribution in [1.29, 1.82) is 0 Å². The van der Waals surface area contributed by atoms with Crippen molar-refractivity contribution in [1.82, 2.24) is 0 Å². The maximum atomic E-state index is 12.0. The number of anilines is 1. The fourth-order valence-corrected chi connectivity index (χ4v) is 1.71. The molecule has 0 spiro atoms. The largest absolute Gasteiger partial charge is 0.497 e. The zero-order valence-electron chi connectivity index (χ0n) is 11.7. The summed E-state index contributed by atoms with van der Waals surface area (Å²) in [7, 11) is 3.14. The smallest absolute Gasteiger partial charge is 0.227 e. The van der Waals surface area contributed by atoms with Gasteiger partial charge in [-0.15, -0.1) is 0 Å². The van der Waals surface area contributed by atoms with Crippen LogP contribution in [-0.2, 0) is 4.79 Å². The molecule has 0 heterocycles. The Kier molecular flexibility index (Phi) is 6.15. The first-order valence-corrected chi connectivity index (χ1v) is 6.35. The Bertz CT molecular complexity index is 421. The van der Waals surface area contributed by atoms with Gasteiger partial charge in [-0.3, -0.25) is 4.79 Å². The highest BCUT2D eigenvalue weighted by Gasteiger charge is 2.14. The molecular weight excluding hydrogens is 244 g/mol. The third kappa shape index (κ3) is 4.44. The Hall–Kier alpha value is -1.75. The SMILES string of the molecule is COc1ccc(NC(=O)C(C)CCCN)c(OC)c1. The van der Waals surface area contributed by atoms with Crippen molar-refractivity contribution in [2.24, 2.45) is 11.7 Å². The highest BCUT2D eigenvalue weighted by atomic mass is 16.5. The number of hydrogen-bond acceptors (Lipinski definition) is 4. The lowest BCUT2D eigenvalue weighted by molar-refractivity contribution is -0.119. The predicted molar refractivity (Wildman–Crippen MR) is 75.6 cm³/mol. The van der Waals surface area contributed by atoms with Gasteiger partial charge < -0.3 is 20.5 Å². The Morgan fingerprint density at radius 1 is 1.37 bits per heavy atom. The first-order valence-electron chi connectivity index (χ1n) is 6.35. The van der Waals surface area contributed by atoms with E-state index in [0.717, 1.165) is 12.8 Å². The molecule has 1 aromatic rings. The summed E-state index contributed by atoms with van der Waals surface area (Å²) >= 11 is 0. The summed E-state index contributed by atoms with van der Waals surface area (Å²) in [5.74, 6) is 1.16. The topological polar surface area (TPSA) is 73.6 Å². The van der Waals surface area contributed by atoms with E-state index in [0.29, 0.717) is 23.7 Å². The van der Waals surface area contributed by atoms with E-state index in [1.807, 2.05) is 6.92 Å². The first kappa shape index (κ1) is 15.3. The minimum absolute atomic E-state index is 0.0306. The van der Waals surface area contributed by atoms with Gasteiger partial charge in [-0.1, -0.05) is 6.92 Å². The highest BCUT2D eigenvalue weighted by Crippen LogP contribution is 2.29. The third-order valence-electron chi connectivity index (χ3n) is 2.96. The molecule has 0 aliphatic rings. The molecule has 1 atom stereocenters. The number of hydrogen-bond donors (Lipinski definition) is 2. The molecule has 3 N–H and O–H groups in total. The molecule has 1 unspecified atom stereocenters. The number of rotatable bonds is 7. The minimum atomic E-state index is -0.0737. The third-order valence-corrected chi connectivity index (χ3v) is 2.96. The number of nitrogens with one attached hydrogen (secondary N) is 1. The van der Waals surface area contributed by atoms with E-state index < -0.39 is 0 Å². The van der Waals surface area contributed by atoms with Crippen LogP contribution in [0.5, 0.6) is 11.5 Å². The fraction of sp³-hybridized carbons (Fsp3) is 0.500. The quantitative estimate of drug-likeness (QED) is 0.792. The van der Waals surface area contributed by atoms with Crippen LogP contribution in [0.2, 0.25) is 0 Å². The van der Waals surface area contributed by atoms with Gasteiger partial charge in [-0.2, -0.15) is 0 Å². The molecule has 0 radical (unpaired) electrons. The zero-order valence-corrected chi connectivity index (χ0v) is 11.7. The summed E-state index contributed by atoms with van der Waals surface area (Å²) in [5.41, 5.74) is 6.09. The number of carbonyl (C=O) groups is 1. The van der Waals surface area contributed by atoms with Gasteiger partial charge in [0.2, 0.25) is 5.91 Å². The Morgan fingerprint density at radius 3 is 2.68 bits per heavy atom. The fourth-order valence-electron chi connectivity index (χ4n) is 1.71. The average Bonchev–Trinajstić information content (AvgIpc) is 2.44. The highest BCUT2D eigenvalue weighted by molar-refractivity contribution is 5.93. The normalized spacial score (nSPS) is 11.8. The van der Waals surface area contributed by atoms with E-state index in [-0.39, 0.29) is 11.8 Å². The predicted octanol–water partition coefficient (Wildman–Crippen LogP) is 2.02. The summed E-state index contributed by atoms with van der Waals surface area (Å²) in [6, 6.07) is 5.29. The van der Waals surface area contributed by atoms with Crippen LogP contribution in [0.15, 0.2) is 18.2 Å². The summed E-state index contributed by atoms with van der Waals surface area (Å²) in [5, 5.41) is 2.86. The monoisotopic (exact) mass is 266 g/mol. The van der Waals surface area contributed by atoms with Crippen molar-refractivity contribution >= 4 is 11.6 Å². The van der Waals surface area contributed by atoms with E-state index in [4.69, 9.17) is 15.2 Å². The van der Waals surface area contributed by atoms with Crippen LogP contribution in [0, 0.1) is 5.92 Å². The molecule has 0 bridgehead atoms. The molecule has 5 nitrogen and oxygen atoms in total. The number of amides is 1. The van der Waals surface area contributed by atoms with Gasteiger partial charge in [-0.05, 0) is 31.5 Å². The lowest BCUT2D eigenvalue weighted by Gasteiger charge is -2.14. The number of methoxy groups -OCH3 is 2. The van der Waals surface area contributed by atoms with E-state index in [2.05, 4.69) is 5.32 Å². The summed E-state index contributed by atoms with van der Waals surface area (Å²) < 4.78 is 10.3. The molecule has 0 aromatic heterocycles. The molecule has 1 amide bonds. The Labute approximate surface area is 114 Å². The van der Waals surface area contributed by atoms with Crippen molar-refractivity contribution in [3.8, 4) is 11.5 Å². The van der Waals surface area contributed by atoms with Crippen molar-refractivity contribution in [2.75, 3.05) is 26.1 Å². The number of ether oxygens (including phenoxy) is 2. The van der Waals surface area contributed by atoms with Crippen LogP contribution in [0.25, 0.3) is 0 Å². The Balaban J connectivity index is 2.73. The second-order valence-corrected chi connectivity index (χ2v) is 4.39. The van der Waals surface area contributed by atoms with Gasteiger partial charge >= 0.3 is 0 Å². The van der Waals surface area contributed by atoms with Gasteiger partial charge in [0.25, 0.3) is 0 Å². The number of benzene rings is 1. The molecular formula is C14H22N2O3. The second kappa shape index (κ2) is 7.63. The zero-order chi connectivity index (χ0) is 14.3. The average molecular weight is 266 g/mol. The van der Waals surface area contributed by atoms with E-state index in [9.17, 15) is 4.79 Å². The van der Waals surface area contributed by atoms with Crippen molar-refractivity contribution in [2.45, 2.75) is 19.8 Å². The standard InChI is InChI=1S/C14H22N2O3/c1-10(5-4-8-15)14(17)16-12-7-6-11(18-2)9-13(12)19-3/h6-7,9-10H,4-5,8,15H2,1-3H3,(H,16,17). The van der Waals surface area contributed by atoms with E-state index in [1.165, 1.54) is 0 Å². The maximum Gasteiger partial charge on any atom is 0.227 e. The molecule has 5 heteroatoms. The van der Waals surface area contributed by atoms with Gasteiger partial charge in [0.05, 0.1) is 19.9 Å². The van der Waals surface area contributed by atoms with Crippen LogP contribution in [0.3, 0.4) is 0 Å². The molecule has 1 aromatic carbocycles. The van der Waals surface area contributed by atoms with Crippen molar-refractivity contribution < 1.29 is 14.3 Å². The lowest BCUT2D eigenvalue weighted by Crippen LogP contribution is -2.21. The molecule has 1 rings (SSSR count). The Morgan fingerprint density at radius 2 is 2.11 bits per heavy atom. The van der Waals surface area contributed by atoms with Gasteiger partial charge in [-0.25, -0.2) is 0 Å². The molecule has 0 aliphatic heterocycles. The van der Waals surface area contributed by atoms with Crippen LogP contribution in [-0.4, -0.2) is 26.7 Å². The van der Waals surface area contributed by atoms with Crippen LogP contribution in [0.1, 0.15) is 19.8 Å². The first-order chi connectivity index (χ1) is 9.12. The van der Waals surface area contributed by atoms with Gasteiger partial charge in [0, 0.05) is 12.0 Å². The van der Waals surface area contributed by atoms with Crippen LogP contribution < -0.4 is 20.5 Å². The molecule has 0 saturated carbocycles. The summed E-state index contributed by atoms with van der Waals surface area (Å²) in [6.07, 6.45) is 1.62. The van der Waals surface area contributed by atoms with Gasteiger partial charge in [0.15, 0.2) is 0 Å². The molecule has 0 fully saturated rings. The van der Waals surface area contributed by atoms with Gasteiger partial charge in [0.1, 0.15) is 11.5 Å². The van der Waals surface area contributed by atoms with E-state index >= 15 is 0 Å². The maximum absolute atomic E-state index is 12.0. The van der Waals surface area contributed by atoms with Crippen LogP contribution >= 0.6 is 0 Å². The van der Waals surface area contributed by atoms with Crippen LogP contribution in [0.4, 0.5) is 5.69 Å². The van der Waals surface area contributed by atoms with E-state index in [1.54, 1.807) is 32.4 Å². The molecule has 0 aliphatic carbocycles. The van der Waals surface area contributed by atoms with Crippen molar-refractivity contribution in [3.05, 3.63) is 18.2 Å². The van der Waals surface area contributed by atoms with Crippen molar-refractivity contribution in [3.63, 3.8) is 0 Å².